The molecule has 0 aliphatic rings. The number of carbonyl (C=O) groups excluding carboxylic acids is 1. The van der Waals surface area contributed by atoms with Crippen LogP contribution in [-0.4, -0.2) is 22.6 Å². The fourth-order valence-electron chi connectivity index (χ4n) is 2.35. The van der Waals surface area contributed by atoms with Gasteiger partial charge in [-0.15, -0.1) is 0 Å². The third-order valence-electron chi connectivity index (χ3n) is 3.48. The third kappa shape index (κ3) is 3.46. The average Bonchev–Trinajstić information content (AvgIpc) is 2.56. The van der Waals surface area contributed by atoms with Crippen molar-refractivity contribution in [1.82, 2.24) is 4.57 Å². The summed E-state index contributed by atoms with van der Waals surface area (Å²) in [4.78, 5) is 24.9. The number of nitriles is 1. The molecule has 1 heterocycles. The molecule has 2 aromatic rings. The van der Waals surface area contributed by atoms with Crippen LogP contribution in [0.25, 0.3) is 0 Å². The Morgan fingerprint density at radius 1 is 1.38 bits per heavy atom. The summed E-state index contributed by atoms with van der Waals surface area (Å²) in [6.07, 6.45) is 1.42. The summed E-state index contributed by atoms with van der Waals surface area (Å²) in [7, 11) is 1.46. The van der Waals surface area contributed by atoms with Crippen molar-refractivity contribution in [2.24, 2.45) is 5.92 Å². The lowest BCUT2D eigenvalue weighted by Crippen LogP contribution is -2.25. The fourth-order valence-corrected chi connectivity index (χ4v) is 2.35. The summed E-state index contributed by atoms with van der Waals surface area (Å²) in [6.45, 7) is 4.25. The lowest BCUT2D eigenvalue weighted by Gasteiger charge is -2.12. The maximum atomic E-state index is 12.7. The van der Waals surface area contributed by atoms with E-state index < -0.39 is 11.3 Å². The number of phenols is 1. The standard InChI is InChI=1S/C18H18N2O4/c1-11(2)9-20-10-13(6-12(8-19)18(20)23)17(22)15-7-14(24-3)4-5-16(15)21/h4-7,10-11,21H,9H2,1-3H3. The highest BCUT2D eigenvalue weighted by Crippen LogP contribution is 2.25. The molecule has 0 amide bonds. The number of nitrogens with zero attached hydrogens (tertiary/aromatic N) is 2. The first-order chi connectivity index (χ1) is 11.4. The van der Waals surface area contributed by atoms with Gasteiger partial charge in [0.1, 0.15) is 23.1 Å². The lowest BCUT2D eigenvalue weighted by atomic mass is 10.0. The molecule has 6 heteroatoms. The first kappa shape index (κ1) is 17.3. The largest absolute Gasteiger partial charge is 0.507 e. The molecule has 0 unspecified atom stereocenters. The Kier molecular flexibility index (Phi) is 5.05. The number of ether oxygens (including phenoxy) is 1. The van der Waals surface area contributed by atoms with E-state index >= 15 is 0 Å². The van der Waals surface area contributed by atoms with E-state index in [1.54, 1.807) is 0 Å². The van der Waals surface area contributed by atoms with Crippen LogP contribution in [0, 0.1) is 17.2 Å². The lowest BCUT2D eigenvalue weighted by molar-refractivity contribution is 0.103. The minimum atomic E-state index is -0.486. The molecule has 0 bridgehead atoms. The molecule has 0 atom stereocenters. The Hall–Kier alpha value is -3.07. The molecular formula is C18H18N2O4. The van der Waals surface area contributed by atoms with Crippen LogP contribution in [0.2, 0.25) is 0 Å². The first-order valence-corrected chi connectivity index (χ1v) is 7.43. The van der Waals surface area contributed by atoms with E-state index in [1.165, 1.54) is 42.1 Å². The van der Waals surface area contributed by atoms with E-state index in [0.29, 0.717) is 12.3 Å². The Labute approximate surface area is 139 Å². The molecule has 0 saturated carbocycles. The predicted octanol–water partition coefficient (Wildman–Crippen LogP) is 2.32. The molecular weight excluding hydrogens is 308 g/mol. The molecule has 6 nitrogen and oxygen atoms in total. The average molecular weight is 326 g/mol. The molecule has 124 valence electrons. The van der Waals surface area contributed by atoms with Crippen LogP contribution in [0.5, 0.6) is 11.5 Å². The normalized spacial score (nSPS) is 10.5. The second-order valence-electron chi connectivity index (χ2n) is 5.82. The monoisotopic (exact) mass is 326 g/mol. The van der Waals surface area contributed by atoms with Gasteiger partial charge in [-0.2, -0.15) is 5.26 Å². The van der Waals surface area contributed by atoms with Crippen LogP contribution in [0.4, 0.5) is 0 Å². The van der Waals surface area contributed by atoms with Crippen molar-refractivity contribution >= 4 is 5.78 Å². The number of methoxy groups -OCH3 is 1. The quantitative estimate of drug-likeness (QED) is 0.851. The van der Waals surface area contributed by atoms with Gasteiger partial charge in [-0.3, -0.25) is 9.59 Å². The van der Waals surface area contributed by atoms with Gasteiger partial charge in [-0.25, -0.2) is 0 Å². The second-order valence-corrected chi connectivity index (χ2v) is 5.82. The second kappa shape index (κ2) is 7.01. The summed E-state index contributed by atoms with van der Waals surface area (Å²) < 4.78 is 6.42. The van der Waals surface area contributed by atoms with Crippen LogP contribution < -0.4 is 10.3 Å². The number of hydrogen-bond donors (Lipinski definition) is 1. The molecule has 0 aliphatic heterocycles. The number of aromatic hydroxyl groups is 1. The number of pyridine rings is 1. The van der Waals surface area contributed by atoms with Gasteiger partial charge in [0.15, 0.2) is 5.78 Å². The van der Waals surface area contributed by atoms with Crippen molar-refractivity contribution in [2.75, 3.05) is 7.11 Å². The molecule has 1 N–H and O–H groups in total. The molecule has 1 aromatic heterocycles. The van der Waals surface area contributed by atoms with Gasteiger partial charge in [0.2, 0.25) is 0 Å². The van der Waals surface area contributed by atoms with E-state index in [9.17, 15) is 14.7 Å². The van der Waals surface area contributed by atoms with Gasteiger partial charge in [0, 0.05) is 18.3 Å². The van der Waals surface area contributed by atoms with Crippen LogP contribution >= 0.6 is 0 Å². The molecule has 0 radical (unpaired) electrons. The Morgan fingerprint density at radius 2 is 2.08 bits per heavy atom. The zero-order chi connectivity index (χ0) is 17.9. The third-order valence-corrected chi connectivity index (χ3v) is 3.48. The van der Waals surface area contributed by atoms with E-state index in [1.807, 2.05) is 19.9 Å². The van der Waals surface area contributed by atoms with Gasteiger partial charge >= 0.3 is 0 Å². The van der Waals surface area contributed by atoms with Crippen molar-refractivity contribution in [1.29, 1.82) is 5.26 Å². The van der Waals surface area contributed by atoms with E-state index in [0.717, 1.165) is 0 Å². The topological polar surface area (TPSA) is 92.3 Å². The molecule has 1 aromatic carbocycles. The maximum absolute atomic E-state index is 12.7. The number of aromatic nitrogens is 1. The number of benzene rings is 1. The molecule has 0 saturated heterocycles. The van der Waals surface area contributed by atoms with Crippen molar-refractivity contribution in [3.8, 4) is 17.6 Å². The minimum Gasteiger partial charge on any atom is -0.507 e. The van der Waals surface area contributed by atoms with Crippen molar-refractivity contribution in [2.45, 2.75) is 20.4 Å². The van der Waals surface area contributed by atoms with Crippen molar-refractivity contribution in [3.63, 3.8) is 0 Å². The minimum absolute atomic E-state index is 0.0491. The summed E-state index contributed by atoms with van der Waals surface area (Å²) in [5, 5.41) is 19.1. The van der Waals surface area contributed by atoms with Crippen LogP contribution in [-0.2, 0) is 6.54 Å². The van der Waals surface area contributed by atoms with Gasteiger partial charge in [-0.05, 0) is 30.2 Å². The molecule has 0 aliphatic carbocycles. The molecule has 24 heavy (non-hydrogen) atoms. The SMILES string of the molecule is COc1ccc(O)c(C(=O)c2cc(C#N)c(=O)n(CC(C)C)c2)c1. The van der Waals surface area contributed by atoms with Crippen LogP contribution in [0.15, 0.2) is 35.3 Å². The summed E-state index contributed by atoms with van der Waals surface area (Å²) >= 11 is 0. The highest BCUT2D eigenvalue weighted by atomic mass is 16.5. The number of rotatable bonds is 5. The zero-order valence-electron chi connectivity index (χ0n) is 13.7. The summed E-state index contributed by atoms with van der Waals surface area (Å²) in [5.41, 5.74) is -0.329. The van der Waals surface area contributed by atoms with Gasteiger partial charge in [0.25, 0.3) is 5.56 Å². The molecule has 2 rings (SSSR count). The number of hydrogen-bond acceptors (Lipinski definition) is 5. The maximum Gasteiger partial charge on any atom is 0.268 e. The van der Waals surface area contributed by atoms with Gasteiger partial charge in [0.05, 0.1) is 12.7 Å². The molecule has 0 spiro atoms. The highest BCUT2D eigenvalue weighted by Gasteiger charge is 2.18. The Morgan fingerprint density at radius 3 is 2.67 bits per heavy atom. The number of carbonyl (C=O) groups is 1. The van der Waals surface area contributed by atoms with E-state index in [-0.39, 0.29) is 28.4 Å². The van der Waals surface area contributed by atoms with Crippen molar-refractivity contribution < 1.29 is 14.6 Å². The van der Waals surface area contributed by atoms with Crippen LogP contribution in [0.3, 0.4) is 0 Å². The Balaban J connectivity index is 2.58. The molecule has 0 fully saturated rings. The van der Waals surface area contributed by atoms with Crippen LogP contribution in [0.1, 0.15) is 35.3 Å². The zero-order valence-corrected chi connectivity index (χ0v) is 13.7. The summed E-state index contributed by atoms with van der Waals surface area (Å²) in [5.74, 6) is -0.0849. The first-order valence-electron chi connectivity index (χ1n) is 7.43. The Bertz CT molecular complexity index is 876. The van der Waals surface area contributed by atoms with Gasteiger partial charge in [-0.1, -0.05) is 13.8 Å². The van der Waals surface area contributed by atoms with E-state index in [4.69, 9.17) is 10.00 Å². The highest BCUT2D eigenvalue weighted by molar-refractivity contribution is 6.10. The summed E-state index contributed by atoms with van der Waals surface area (Å²) in [6, 6.07) is 7.39. The number of phenolic OH excluding ortho intramolecular Hbond substituents is 1. The van der Waals surface area contributed by atoms with Crippen molar-refractivity contribution in [3.05, 3.63) is 57.5 Å². The smallest absolute Gasteiger partial charge is 0.268 e. The predicted molar refractivity (Wildman–Crippen MR) is 88.3 cm³/mol. The van der Waals surface area contributed by atoms with E-state index in [2.05, 4.69) is 0 Å². The number of ketones is 1. The van der Waals surface area contributed by atoms with Gasteiger partial charge < -0.3 is 14.4 Å². The fraction of sp³-hybridized carbons (Fsp3) is 0.278.